The third kappa shape index (κ3) is 2.40. The molecule has 2 nitrogen and oxygen atoms in total. The third-order valence-corrected chi connectivity index (χ3v) is 3.26. The summed E-state index contributed by atoms with van der Waals surface area (Å²) in [5.74, 6) is 0.848. The van der Waals surface area contributed by atoms with E-state index in [0.717, 1.165) is 28.1 Å². The van der Waals surface area contributed by atoms with Crippen LogP contribution in [0.25, 0.3) is 11.6 Å². The van der Waals surface area contributed by atoms with Crippen LogP contribution < -0.4 is 4.74 Å². The van der Waals surface area contributed by atoms with Gasteiger partial charge in [0.1, 0.15) is 5.75 Å². The Kier molecular flexibility index (Phi) is 3.10. The highest BCUT2D eigenvalue weighted by atomic mass is 35.5. The van der Waals surface area contributed by atoms with Gasteiger partial charge in [-0.3, -0.25) is 4.99 Å². The monoisotopic (exact) mass is 269 g/mol. The lowest BCUT2D eigenvalue weighted by Crippen LogP contribution is -1.84. The van der Waals surface area contributed by atoms with E-state index in [9.17, 15) is 0 Å². The smallest absolute Gasteiger partial charge is 0.119 e. The summed E-state index contributed by atoms with van der Waals surface area (Å²) < 4.78 is 5.22. The van der Waals surface area contributed by atoms with E-state index in [0.29, 0.717) is 5.02 Å². The topological polar surface area (TPSA) is 21.6 Å². The molecule has 19 heavy (non-hydrogen) atoms. The second-order valence-corrected chi connectivity index (χ2v) is 4.73. The van der Waals surface area contributed by atoms with E-state index < -0.39 is 0 Å². The maximum atomic E-state index is 5.96. The summed E-state index contributed by atoms with van der Waals surface area (Å²) in [7, 11) is 1.67. The van der Waals surface area contributed by atoms with E-state index in [4.69, 9.17) is 16.3 Å². The fraction of sp³-hybridized carbons (Fsp3) is 0.0625. The average molecular weight is 270 g/mol. The lowest BCUT2D eigenvalue weighted by Gasteiger charge is -2.02. The molecule has 0 N–H and O–H groups in total. The van der Waals surface area contributed by atoms with Crippen LogP contribution in [-0.4, -0.2) is 13.3 Å². The fourth-order valence-corrected chi connectivity index (χ4v) is 2.26. The second-order valence-electron chi connectivity index (χ2n) is 4.30. The summed E-state index contributed by atoms with van der Waals surface area (Å²) in [5.41, 5.74) is 4.19. The van der Waals surface area contributed by atoms with Crippen LogP contribution in [0.4, 0.5) is 5.69 Å². The zero-order valence-electron chi connectivity index (χ0n) is 10.4. The Bertz CT molecular complexity index is 689. The van der Waals surface area contributed by atoms with Crippen molar-refractivity contribution in [3.8, 4) is 5.75 Å². The van der Waals surface area contributed by atoms with Crippen molar-refractivity contribution >= 4 is 35.2 Å². The van der Waals surface area contributed by atoms with E-state index >= 15 is 0 Å². The van der Waals surface area contributed by atoms with Gasteiger partial charge in [0.25, 0.3) is 0 Å². The lowest BCUT2D eigenvalue weighted by atomic mass is 10.0. The molecule has 0 radical (unpaired) electrons. The van der Waals surface area contributed by atoms with Gasteiger partial charge in [0.2, 0.25) is 0 Å². The molecule has 1 aliphatic heterocycles. The normalized spacial score (nSPS) is 14.7. The summed E-state index contributed by atoms with van der Waals surface area (Å²) >= 11 is 5.96. The van der Waals surface area contributed by atoms with Gasteiger partial charge in [0, 0.05) is 22.4 Å². The molecule has 0 atom stereocenters. The van der Waals surface area contributed by atoms with Gasteiger partial charge in [0.05, 0.1) is 12.8 Å². The van der Waals surface area contributed by atoms with Crippen molar-refractivity contribution in [2.75, 3.05) is 7.11 Å². The predicted octanol–water partition coefficient (Wildman–Crippen LogP) is 4.61. The van der Waals surface area contributed by atoms with Gasteiger partial charge in [-0.25, -0.2) is 0 Å². The minimum absolute atomic E-state index is 0.707. The zero-order chi connectivity index (χ0) is 13.2. The van der Waals surface area contributed by atoms with Gasteiger partial charge in [0.15, 0.2) is 0 Å². The number of benzene rings is 2. The van der Waals surface area contributed by atoms with Gasteiger partial charge in [-0.2, -0.15) is 0 Å². The van der Waals surface area contributed by atoms with Crippen molar-refractivity contribution < 1.29 is 4.74 Å². The van der Waals surface area contributed by atoms with E-state index in [-0.39, 0.29) is 0 Å². The van der Waals surface area contributed by atoms with Crippen LogP contribution in [0.3, 0.4) is 0 Å². The Hall–Kier alpha value is -2.06. The molecule has 3 heteroatoms. The van der Waals surface area contributed by atoms with Crippen LogP contribution in [0.5, 0.6) is 5.75 Å². The van der Waals surface area contributed by atoms with Gasteiger partial charge in [-0.05, 0) is 35.9 Å². The van der Waals surface area contributed by atoms with Crippen LogP contribution in [0.2, 0.25) is 5.02 Å². The van der Waals surface area contributed by atoms with E-state index in [1.807, 2.05) is 48.7 Å². The third-order valence-electron chi connectivity index (χ3n) is 3.03. The Morgan fingerprint density at radius 2 is 2.05 bits per heavy atom. The summed E-state index contributed by atoms with van der Waals surface area (Å²) in [6, 6.07) is 13.7. The van der Waals surface area contributed by atoms with Crippen molar-refractivity contribution in [3.05, 3.63) is 58.6 Å². The number of hydrogen-bond acceptors (Lipinski definition) is 2. The largest absolute Gasteiger partial charge is 0.497 e. The molecule has 1 heterocycles. The highest BCUT2D eigenvalue weighted by Crippen LogP contribution is 2.34. The highest BCUT2D eigenvalue weighted by molar-refractivity contribution is 6.31. The number of hydrogen-bond donors (Lipinski definition) is 0. The maximum absolute atomic E-state index is 5.96. The van der Waals surface area contributed by atoms with Crippen molar-refractivity contribution in [3.63, 3.8) is 0 Å². The molecule has 0 spiro atoms. The highest BCUT2D eigenvalue weighted by Gasteiger charge is 2.12. The molecular formula is C16H12ClNO. The first-order valence-electron chi connectivity index (χ1n) is 5.96. The standard InChI is InChI=1S/C16H12ClNO/c1-19-14-4-2-3-11(8-14)7-12-10-18-16-9-13(17)5-6-15(12)16/h2-10H,1H3/b12-7-. The molecule has 3 rings (SSSR count). The van der Waals surface area contributed by atoms with Crippen LogP contribution in [0.1, 0.15) is 11.1 Å². The minimum Gasteiger partial charge on any atom is -0.497 e. The van der Waals surface area contributed by atoms with Crippen LogP contribution in [0.15, 0.2) is 47.5 Å². The number of fused-ring (bicyclic) bond motifs is 1. The van der Waals surface area contributed by atoms with Crippen LogP contribution >= 0.6 is 11.6 Å². The van der Waals surface area contributed by atoms with E-state index in [1.165, 1.54) is 0 Å². The minimum atomic E-state index is 0.707. The van der Waals surface area contributed by atoms with Gasteiger partial charge in [-0.1, -0.05) is 29.8 Å². The molecule has 2 aromatic rings. The lowest BCUT2D eigenvalue weighted by molar-refractivity contribution is 0.414. The van der Waals surface area contributed by atoms with E-state index in [1.54, 1.807) is 7.11 Å². The number of allylic oxidation sites excluding steroid dienone is 1. The van der Waals surface area contributed by atoms with Crippen molar-refractivity contribution in [2.45, 2.75) is 0 Å². The SMILES string of the molecule is COc1cccc(/C=C2/C=Nc3cc(Cl)ccc32)c1. The predicted molar refractivity (Wildman–Crippen MR) is 80.5 cm³/mol. The summed E-state index contributed by atoms with van der Waals surface area (Å²) in [6.45, 7) is 0. The molecule has 0 fully saturated rings. The zero-order valence-corrected chi connectivity index (χ0v) is 11.2. The van der Waals surface area contributed by atoms with Crippen LogP contribution in [0, 0.1) is 0 Å². The Labute approximate surface area is 117 Å². The summed E-state index contributed by atoms with van der Waals surface area (Å²) in [4.78, 5) is 4.37. The van der Waals surface area contributed by atoms with Gasteiger partial charge < -0.3 is 4.74 Å². The molecule has 0 amide bonds. The molecule has 94 valence electrons. The number of ether oxygens (including phenoxy) is 1. The first kappa shape index (κ1) is 12.0. The molecular weight excluding hydrogens is 258 g/mol. The quantitative estimate of drug-likeness (QED) is 0.780. The fourth-order valence-electron chi connectivity index (χ4n) is 2.09. The van der Waals surface area contributed by atoms with Gasteiger partial charge in [-0.15, -0.1) is 0 Å². The van der Waals surface area contributed by atoms with Gasteiger partial charge >= 0.3 is 0 Å². The molecule has 1 aliphatic rings. The Morgan fingerprint density at radius 3 is 2.89 bits per heavy atom. The average Bonchev–Trinajstić information content (AvgIpc) is 2.81. The van der Waals surface area contributed by atoms with Crippen molar-refractivity contribution in [1.82, 2.24) is 0 Å². The number of nitrogens with zero attached hydrogens (tertiary/aromatic N) is 1. The van der Waals surface area contributed by atoms with E-state index in [2.05, 4.69) is 11.1 Å². The molecule has 2 aromatic carbocycles. The Morgan fingerprint density at radius 1 is 1.16 bits per heavy atom. The van der Waals surface area contributed by atoms with Crippen molar-refractivity contribution in [1.29, 1.82) is 0 Å². The molecule has 0 aliphatic carbocycles. The maximum Gasteiger partial charge on any atom is 0.119 e. The second kappa shape index (κ2) is 4.90. The Balaban J connectivity index is 2.01. The van der Waals surface area contributed by atoms with Crippen molar-refractivity contribution in [2.24, 2.45) is 4.99 Å². The number of methoxy groups -OCH3 is 1. The molecule has 0 saturated heterocycles. The number of halogens is 1. The molecule has 0 bridgehead atoms. The molecule has 0 saturated carbocycles. The summed E-state index contributed by atoms with van der Waals surface area (Å²) in [6.07, 6.45) is 3.95. The first-order valence-corrected chi connectivity index (χ1v) is 6.34. The number of aliphatic imine (C=N–C) groups is 1. The number of rotatable bonds is 2. The first-order chi connectivity index (χ1) is 9.26. The summed E-state index contributed by atoms with van der Waals surface area (Å²) in [5, 5.41) is 0.707. The van der Waals surface area contributed by atoms with Crippen LogP contribution in [-0.2, 0) is 0 Å². The molecule has 0 unspecified atom stereocenters. The molecule has 0 aromatic heterocycles.